The predicted molar refractivity (Wildman–Crippen MR) is 95.0 cm³/mol. The standard InChI is InChI=1S/C16H21N3OS.ClH/c1-10-4-5-13(6-11(10)2)8-14-9-18-16(21-14)19-15(20)7-12(3)17;/h4-6,9,12H,7-8,17H2,1-3H3,(H,18,19,20);1H. The van der Waals surface area contributed by atoms with E-state index in [0.29, 0.717) is 11.6 Å². The Hall–Kier alpha value is -1.43. The van der Waals surface area contributed by atoms with E-state index in [0.717, 1.165) is 11.3 Å². The molecule has 1 amide bonds. The number of nitrogens with zero attached hydrogens (tertiary/aromatic N) is 1. The molecule has 120 valence electrons. The number of thiazole rings is 1. The third-order valence-corrected chi connectivity index (χ3v) is 4.17. The van der Waals surface area contributed by atoms with Gasteiger partial charge in [0.05, 0.1) is 0 Å². The lowest BCUT2D eigenvalue weighted by Crippen LogP contribution is -2.23. The van der Waals surface area contributed by atoms with Crippen molar-refractivity contribution in [3.8, 4) is 0 Å². The summed E-state index contributed by atoms with van der Waals surface area (Å²) in [5.74, 6) is -0.0860. The number of nitrogens with two attached hydrogens (primary N) is 1. The van der Waals surface area contributed by atoms with Gasteiger partial charge in [-0.2, -0.15) is 0 Å². The van der Waals surface area contributed by atoms with Crippen LogP contribution in [-0.2, 0) is 11.2 Å². The second kappa shape index (κ2) is 8.27. The van der Waals surface area contributed by atoms with E-state index < -0.39 is 0 Å². The fourth-order valence-corrected chi connectivity index (χ4v) is 2.89. The van der Waals surface area contributed by atoms with Crippen molar-refractivity contribution in [2.75, 3.05) is 5.32 Å². The minimum Gasteiger partial charge on any atom is -0.327 e. The quantitative estimate of drug-likeness (QED) is 0.876. The number of hydrogen-bond donors (Lipinski definition) is 2. The van der Waals surface area contributed by atoms with Crippen LogP contribution in [0.3, 0.4) is 0 Å². The summed E-state index contributed by atoms with van der Waals surface area (Å²) in [6.45, 7) is 6.04. The van der Waals surface area contributed by atoms with Gasteiger partial charge in [-0.3, -0.25) is 4.79 Å². The molecule has 0 radical (unpaired) electrons. The highest BCUT2D eigenvalue weighted by atomic mass is 35.5. The lowest BCUT2D eigenvalue weighted by atomic mass is 10.0. The van der Waals surface area contributed by atoms with Crippen LogP contribution < -0.4 is 11.1 Å². The molecular formula is C16H22ClN3OS. The molecule has 4 nitrogen and oxygen atoms in total. The largest absolute Gasteiger partial charge is 0.327 e. The first-order valence-corrected chi connectivity index (χ1v) is 7.82. The maximum Gasteiger partial charge on any atom is 0.227 e. The second-order valence-corrected chi connectivity index (χ2v) is 6.57. The Morgan fingerprint density at radius 3 is 2.73 bits per heavy atom. The molecule has 0 spiro atoms. The first kappa shape index (κ1) is 18.6. The number of anilines is 1. The molecule has 0 fully saturated rings. The van der Waals surface area contributed by atoms with Crippen LogP contribution in [0.4, 0.5) is 5.13 Å². The van der Waals surface area contributed by atoms with Crippen LogP contribution >= 0.6 is 23.7 Å². The van der Waals surface area contributed by atoms with Crippen LogP contribution in [-0.4, -0.2) is 16.9 Å². The monoisotopic (exact) mass is 339 g/mol. The molecule has 2 aromatic rings. The maximum atomic E-state index is 11.6. The lowest BCUT2D eigenvalue weighted by Gasteiger charge is -2.04. The highest BCUT2D eigenvalue weighted by Gasteiger charge is 2.09. The second-order valence-electron chi connectivity index (χ2n) is 5.46. The Morgan fingerprint density at radius 1 is 1.36 bits per heavy atom. The van der Waals surface area contributed by atoms with Crippen molar-refractivity contribution < 1.29 is 4.79 Å². The number of hydrogen-bond acceptors (Lipinski definition) is 4. The van der Waals surface area contributed by atoms with Gasteiger partial charge < -0.3 is 11.1 Å². The molecule has 6 heteroatoms. The zero-order chi connectivity index (χ0) is 15.4. The van der Waals surface area contributed by atoms with Gasteiger partial charge in [0.25, 0.3) is 0 Å². The maximum absolute atomic E-state index is 11.6. The normalized spacial score (nSPS) is 11.6. The SMILES string of the molecule is Cc1ccc(Cc2cnc(NC(=O)CC(C)N)s2)cc1C.Cl. The van der Waals surface area contributed by atoms with Crippen LogP contribution in [0.25, 0.3) is 0 Å². The highest BCUT2D eigenvalue weighted by Crippen LogP contribution is 2.22. The van der Waals surface area contributed by atoms with Gasteiger partial charge in [0.1, 0.15) is 0 Å². The van der Waals surface area contributed by atoms with Crippen molar-refractivity contribution in [1.82, 2.24) is 4.98 Å². The number of aryl methyl sites for hydroxylation is 2. The van der Waals surface area contributed by atoms with E-state index in [1.165, 1.54) is 28.0 Å². The minimum absolute atomic E-state index is 0. The molecule has 0 saturated carbocycles. The molecule has 1 atom stereocenters. The van der Waals surface area contributed by atoms with Gasteiger partial charge in [-0.1, -0.05) is 18.2 Å². The zero-order valence-corrected chi connectivity index (χ0v) is 14.7. The summed E-state index contributed by atoms with van der Waals surface area (Å²) >= 11 is 1.51. The van der Waals surface area contributed by atoms with E-state index in [2.05, 4.69) is 42.3 Å². The number of nitrogens with one attached hydrogen (secondary N) is 1. The number of carbonyl (C=O) groups excluding carboxylic acids is 1. The summed E-state index contributed by atoms with van der Waals surface area (Å²) in [4.78, 5) is 17.0. The van der Waals surface area contributed by atoms with Gasteiger partial charge in [0, 0.05) is 30.0 Å². The Morgan fingerprint density at radius 2 is 2.09 bits per heavy atom. The van der Waals surface area contributed by atoms with E-state index in [9.17, 15) is 4.79 Å². The van der Waals surface area contributed by atoms with Crippen molar-refractivity contribution in [1.29, 1.82) is 0 Å². The van der Waals surface area contributed by atoms with Crippen LogP contribution in [0.2, 0.25) is 0 Å². The summed E-state index contributed by atoms with van der Waals surface area (Å²) in [6.07, 6.45) is 2.97. The Balaban J connectivity index is 0.00000242. The number of carbonyl (C=O) groups is 1. The van der Waals surface area contributed by atoms with Gasteiger partial charge in [-0.05, 0) is 37.5 Å². The molecule has 3 N–H and O–H groups in total. The van der Waals surface area contributed by atoms with Crippen LogP contribution in [0.1, 0.15) is 34.9 Å². The molecule has 0 aliphatic rings. The van der Waals surface area contributed by atoms with E-state index in [-0.39, 0.29) is 24.4 Å². The Labute approximate surface area is 141 Å². The molecule has 1 aromatic heterocycles. The summed E-state index contributed by atoms with van der Waals surface area (Å²) in [5.41, 5.74) is 9.45. The molecular weight excluding hydrogens is 318 g/mol. The van der Waals surface area contributed by atoms with Gasteiger partial charge in [-0.25, -0.2) is 4.98 Å². The zero-order valence-electron chi connectivity index (χ0n) is 13.1. The Bertz CT molecular complexity index is 640. The molecule has 2 rings (SSSR count). The van der Waals surface area contributed by atoms with Crippen molar-refractivity contribution in [3.05, 3.63) is 46.0 Å². The number of halogens is 1. The number of amides is 1. The Kier molecular flexibility index (Phi) is 7.00. The highest BCUT2D eigenvalue weighted by molar-refractivity contribution is 7.15. The van der Waals surface area contributed by atoms with Gasteiger partial charge >= 0.3 is 0 Å². The first-order valence-electron chi connectivity index (χ1n) is 7.00. The average Bonchev–Trinajstić information content (AvgIpc) is 2.80. The summed E-state index contributed by atoms with van der Waals surface area (Å²) in [7, 11) is 0. The number of rotatable bonds is 5. The average molecular weight is 340 g/mol. The lowest BCUT2D eigenvalue weighted by molar-refractivity contribution is -0.116. The van der Waals surface area contributed by atoms with Crippen molar-refractivity contribution in [2.45, 2.75) is 39.7 Å². The minimum atomic E-state index is -0.139. The molecule has 1 heterocycles. The van der Waals surface area contributed by atoms with Gasteiger partial charge in [-0.15, -0.1) is 23.7 Å². The van der Waals surface area contributed by atoms with E-state index >= 15 is 0 Å². The third kappa shape index (κ3) is 5.40. The third-order valence-electron chi connectivity index (χ3n) is 3.26. The fourth-order valence-electron chi connectivity index (χ4n) is 2.02. The van der Waals surface area contributed by atoms with Crippen LogP contribution in [0, 0.1) is 13.8 Å². The van der Waals surface area contributed by atoms with E-state index in [4.69, 9.17) is 5.73 Å². The topological polar surface area (TPSA) is 68.0 Å². The molecule has 0 bridgehead atoms. The first-order chi connectivity index (χ1) is 9.94. The summed E-state index contributed by atoms with van der Waals surface area (Å²) < 4.78 is 0. The van der Waals surface area contributed by atoms with E-state index in [1.807, 2.05) is 13.1 Å². The summed E-state index contributed by atoms with van der Waals surface area (Å²) in [5, 5.41) is 3.43. The molecule has 22 heavy (non-hydrogen) atoms. The van der Waals surface area contributed by atoms with Crippen molar-refractivity contribution in [3.63, 3.8) is 0 Å². The number of aromatic nitrogens is 1. The molecule has 0 aliphatic heterocycles. The van der Waals surface area contributed by atoms with E-state index in [1.54, 1.807) is 0 Å². The van der Waals surface area contributed by atoms with Gasteiger partial charge in [0.15, 0.2) is 5.13 Å². The van der Waals surface area contributed by atoms with Crippen LogP contribution in [0.5, 0.6) is 0 Å². The smallest absolute Gasteiger partial charge is 0.227 e. The van der Waals surface area contributed by atoms with Crippen molar-refractivity contribution >= 4 is 34.8 Å². The molecule has 1 unspecified atom stereocenters. The molecule has 0 aliphatic carbocycles. The van der Waals surface area contributed by atoms with Crippen molar-refractivity contribution in [2.24, 2.45) is 5.73 Å². The summed E-state index contributed by atoms with van der Waals surface area (Å²) in [6, 6.07) is 6.33. The fraction of sp³-hybridized carbons (Fsp3) is 0.375. The predicted octanol–water partition coefficient (Wildman–Crippen LogP) is 3.45. The molecule has 0 saturated heterocycles. The van der Waals surface area contributed by atoms with Gasteiger partial charge in [0.2, 0.25) is 5.91 Å². The number of benzene rings is 1. The van der Waals surface area contributed by atoms with Crippen LogP contribution in [0.15, 0.2) is 24.4 Å². The molecule has 1 aromatic carbocycles.